The number of hydrogen-bond donors (Lipinski definition) is 1. The predicted molar refractivity (Wildman–Crippen MR) is 89.5 cm³/mol. The molecule has 0 saturated carbocycles. The van der Waals surface area contributed by atoms with Crippen molar-refractivity contribution in [1.82, 2.24) is 9.97 Å². The van der Waals surface area contributed by atoms with Gasteiger partial charge in [0.15, 0.2) is 5.75 Å². The Labute approximate surface area is 148 Å². The number of hydrogen-bond acceptors (Lipinski definition) is 6. The van der Waals surface area contributed by atoms with Gasteiger partial charge < -0.3 is 20.1 Å². The van der Waals surface area contributed by atoms with Crippen LogP contribution in [-0.2, 0) is 6.18 Å². The fourth-order valence-corrected chi connectivity index (χ4v) is 2.72. The van der Waals surface area contributed by atoms with Gasteiger partial charge in [-0.15, -0.1) is 0 Å². The Bertz CT molecular complexity index is 753. The highest BCUT2D eigenvalue weighted by Crippen LogP contribution is 2.33. The number of nitrogens with zero attached hydrogens (tertiary/aromatic N) is 3. The first kappa shape index (κ1) is 18.2. The summed E-state index contributed by atoms with van der Waals surface area (Å²) in [6.45, 7) is 3.88. The summed E-state index contributed by atoms with van der Waals surface area (Å²) in [5, 5.41) is 0. The highest BCUT2D eigenvalue weighted by atomic mass is 19.4. The van der Waals surface area contributed by atoms with Gasteiger partial charge in [0.1, 0.15) is 11.5 Å². The molecule has 3 rings (SSSR count). The highest BCUT2D eigenvalue weighted by Gasteiger charge is 2.34. The lowest BCUT2D eigenvalue weighted by molar-refractivity contribution is -0.145. The quantitative estimate of drug-likeness (QED) is 0.874. The molecule has 0 radical (unpaired) electrons. The van der Waals surface area contributed by atoms with Crippen LogP contribution in [0.5, 0.6) is 17.2 Å². The van der Waals surface area contributed by atoms with E-state index >= 15 is 0 Å². The molecule has 0 bridgehead atoms. The third-order valence-corrected chi connectivity index (χ3v) is 3.88. The number of rotatable bonds is 5. The second kappa shape index (κ2) is 7.36. The van der Waals surface area contributed by atoms with Crippen LogP contribution in [0.1, 0.15) is 19.2 Å². The average Bonchev–Trinajstić information content (AvgIpc) is 3.01. The largest absolute Gasteiger partial charge is 0.494 e. The van der Waals surface area contributed by atoms with Crippen molar-refractivity contribution >= 4 is 5.69 Å². The average molecular weight is 368 g/mol. The minimum Gasteiger partial charge on any atom is -0.494 e. The minimum atomic E-state index is -4.59. The van der Waals surface area contributed by atoms with Crippen molar-refractivity contribution in [2.45, 2.75) is 25.6 Å². The topological polar surface area (TPSA) is 73.5 Å². The standard InChI is InChI=1S/C17H19F3N4O2/c1-2-25-13-5-12(24-4-3-11(21)10-24)6-14(7-13)26-15-8-22-16(23-9-15)17(18,19)20/h5-9,11H,2-4,10,21H2,1H3/t11-/m0/s1. The molecule has 1 saturated heterocycles. The van der Waals surface area contributed by atoms with E-state index in [4.69, 9.17) is 15.2 Å². The van der Waals surface area contributed by atoms with E-state index < -0.39 is 12.0 Å². The summed E-state index contributed by atoms with van der Waals surface area (Å²) in [5.41, 5.74) is 6.84. The van der Waals surface area contributed by atoms with Crippen LogP contribution in [0.3, 0.4) is 0 Å². The van der Waals surface area contributed by atoms with Gasteiger partial charge in [-0.1, -0.05) is 0 Å². The summed E-state index contributed by atoms with van der Waals surface area (Å²) in [6.07, 6.45) is -1.71. The van der Waals surface area contributed by atoms with E-state index in [1.54, 1.807) is 12.1 Å². The van der Waals surface area contributed by atoms with Gasteiger partial charge in [0.25, 0.3) is 0 Å². The third-order valence-electron chi connectivity index (χ3n) is 3.88. The Kier molecular flexibility index (Phi) is 5.17. The minimum absolute atomic E-state index is 0.107. The van der Waals surface area contributed by atoms with Crippen molar-refractivity contribution in [3.63, 3.8) is 0 Å². The zero-order valence-corrected chi connectivity index (χ0v) is 14.2. The van der Waals surface area contributed by atoms with Crippen molar-refractivity contribution in [3.05, 3.63) is 36.4 Å². The molecule has 1 atom stereocenters. The molecule has 2 aromatic rings. The number of halogens is 3. The van der Waals surface area contributed by atoms with Crippen molar-refractivity contribution in [2.24, 2.45) is 5.73 Å². The van der Waals surface area contributed by atoms with E-state index in [1.807, 2.05) is 13.0 Å². The highest BCUT2D eigenvalue weighted by molar-refractivity contribution is 5.57. The van der Waals surface area contributed by atoms with Gasteiger partial charge in [-0.3, -0.25) is 0 Å². The molecule has 0 aliphatic carbocycles. The number of benzene rings is 1. The summed E-state index contributed by atoms with van der Waals surface area (Å²) in [5.74, 6) is -0.0709. The lowest BCUT2D eigenvalue weighted by Crippen LogP contribution is -2.26. The number of anilines is 1. The van der Waals surface area contributed by atoms with E-state index in [1.165, 1.54) is 0 Å². The number of nitrogens with two attached hydrogens (primary N) is 1. The summed E-state index contributed by atoms with van der Waals surface area (Å²) in [4.78, 5) is 8.71. The molecule has 2 N–H and O–H groups in total. The molecule has 1 aliphatic heterocycles. The molecule has 140 valence electrons. The van der Waals surface area contributed by atoms with Crippen LogP contribution >= 0.6 is 0 Å². The summed E-state index contributed by atoms with van der Waals surface area (Å²) < 4.78 is 48.8. The molecule has 1 aliphatic rings. The fourth-order valence-electron chi connectivity index (χ4n) is 2.72. The third kappa shape index (κ3) is 4.34. The van der Waals surface area contributed by atoms with Crippen molar-refractivity contribution in [1.29, 1.82) is 0 Å². The second-order valence-corrected chi connectivity index (χ2v) is 5.93. The van der Waals surface area contributed by atoms with Crippen LogP contribution in [-0.4, -0.2) is 35.7 Å². The summed E-state index contributed by atoms with van der Waals surface area (Å²) in [6, 6.07) is 5.45. The molecule has 26 heavy (non-hydrogen) atoms. The fraction of sp³-hybridized carbons (Fsp3) is 0.412. The van der Waals surface area contributed by atoms with Gasteiger partial charge in [0.05, 0.1) is 19.0 Å². The van der Waals surface area contributed by atoms with Gasteiger partial charge in [0, 0.05) is 43.0 Å². The molecular weight excluding hydrogens is 349 g/mol. The van der Waals surface area contributed by atoms with Gasteiger partial charge >= 0.3 is 6.18 Å². The zero-order valence-electron chi connectivity index (χ0n) is 14.2. The predicted octanol–water partition coefficient (Wildman–Crippen LogP) is 3.22. The van der Waals surface area contributed by atoms with Gasteiger partial charge in [-0.05, 0) is 13.3 Å². The van der Waals surface area contributed by atoms with E-state index in [-0.39, 0.29) is 11.8 Å². The number of aromatic nitrogens is 2. The van der Waals surface area contributed by atoms with Crippen LogP contribution in [0.25, 0.3) is 0 Å². The van der Waals surface area contributed by atoms with E-state index in [0.29, 0.717) is 18.1 Å². The molecule has 9 heteroatoms. The van der Waals surface area contributed by atoms with Crippen molar-refractivity contribution < 1.29 is 22.6 Å². The molecule has 1 aromatic carbocycles. The molecule has 6 nitrogen and oxygen atoms in total. The second-order valence-electron chi connectivity index (χ2n) is 5.93. The monoisotopic (exact) mass is 368 g/mol. The maximum absolute atomic E-state index is 12.5. The van der Waals surface area contributed by atoms with Crippen LogP contribution in [0.2, 0.25) is 0 Å². The van der Waals surface area contributed by atoms with Gasteiger partial charge in [0.2, 0.25) is 5.82 Å². The summed E-state index contributed by atoms with van der Waals surface area (Å²) >= 11 is 0. The van der Waals surface area contributed by atoms with E-state index in [0.717, 1.165) is 37.6 Å². The maximum atomic E-state index is 12.5. The van der Waals surface area contributed by atoms with E-state index in [2.05, 4.69) is 14.9 Å². The summed E-state index contributed by atoms with van der Waals surface area (Å²) in [7, 11) is 0. The van der Waals surface area contributed by atoms with Crippen LogP contribution in [0.15, 0.2) is 30.6 Å². The van der Waals surface area contributed by atoms with Crippen molar-refractivity contribution in [2.75, 3.05) is 24.6 Å². The Morgan fingerprint density at radius 3 is 2.42 bits per heavy atom. The molecule has 0 amide bonds. The first-order valence-corrected chi connectivity index (χ1v) is 8.20. The molecule has 0 unspecified atom stereocenters. The lowest BCUT2D eigenvalue weighted by atomic mass is 10.2. The zero-order chi connectivity index (χ0) is 18.7. The van der Waals surface area contributed by atoms with Crippen LogP contribution < -0.4 is 20.1 Å². The Morgan fingerprint density at radius 1 is 1.15 bits per heavy atom. The Morgan fingerprint density at radius 2 is 1.85 bits per heavy atom. The van der Waals surface area contributed by atoms with Crippen LogP contribution in [0.4, 0.5) is 18.9 Å². The first-order valence-electron chi connectivity index (χ1n) is 8.20. The Hall–Kier alpha value is -2.55. The smallest absolute Gasteiger partial charge is 0.451 e. The normalized spacial score (nSPS) is 17.4. The molecule has 1 fully saturated rings. The lowest BCUT2D eigenvalue weighted by Gasteiger charge is -2.20. The molecular formula is C17H19F3N4O2. The van der Waals surface area contributed by atoms with E-state index in [9.17, 15) is 13.2 Å². The first-order chi connectivity index (χ1) is 12.3. The molecule has 2 heterocycles. The maximum Gasteiger partial charge on any atom is 0.451 e. The SMILES string of the molecule is CCOc1cc(Oc2cnc(C(F)(F)F)nc2)cc(N2CC[C@H](N)C2)c1. The van der Waals surface area contributed by atoms with Crippen molar-refractivity contribution in [3.8, 4) is 17.2 Å². The molecule has 0 spiro atoms. The van der Waals surface area contributed by atoms with Gasteiger partial charge in [-0.25, -0.2) is 9.97 Å². The van der Waals surface area contributed by atoms with Crippen LogP contribution in [0, 0.1) is 0 Å². The number of ether oxygens (including phenoxy) is 2. The molecule has 1 aromatic heterocycles. The van der Waals surface area contributed by atoms with Gasteiger partial charge in [-0.2, -0.15) is 13.2 Å². The number of alkyl halides is 3. The Balaban J connectivity index is 1.83.